The van der Waals surface area contributed by atoms with Gasteiger partial charge in [0, 0.05) is 19.6 Å². The number of anilines is 2. The molecule has 0 aliphatic carbocycles. The third-order valence-electron chi connectivity index (χ3n) is 3.56. The number of nitrogens with zero attached hydrogens (tertiary/aromatic N) is 2. The quantitative estimate of drug-likeness (QED) is 0.408. The van der Waals surface area contributed by atoms with Crippen molar-refractivity contribution >= 4 is 17.1 Å². The molecule has 0 spiro atoms. The third kappa shape index (κ3) is 3.81. The zero-order valence-electron chi connectivity index (χ0n) is 12.0. The van der Waals surface area contributed by atoms with Gasteiger partial charge in [-0.25, -0.2) is 0 Å². The number of nitro groups is 1. The second-order valence-corrected chi connectivity index (χ2v) is 4.87. The zero-order chi connectivity index (χ0) is 15.2. The molecular formula is C13H21N5O3. The summed E-state index contributed by atoms with van der Waals surface area (Å²) in [5.41, 5.74) is 3.02. The van der Waals surface area contributed by atoms with E-state index in [0.717, 1.165) is 19.6 Å². The highest BCUT2D eigenvalue weighted by molar-refractivity contribution is 5.75. The smallest absolute Gasteiger partial charge is 0.316 e. The summed E-state index contributed by atoms with van der Waals surface area (Å²) >= 11 is 0. The number of nitro benzene ring substituents is 1. The van der Waals surface area contributed by atoms with E-state index in [1.165, 1.54) is 0 Å². The number of benzene rings is 1. The van der Waals surface area contributed by atoms with Crippen LogP contribution >= 0.6 is 0 Å². The van der Waals surface area contributed by atoms with Crippen LogP contribution in [-0.4, -0.2) is 48.7 Å². The van der Waals surface area contributed by atoms with Crippen LogP contribution in [0.1, 0.15) is 6.92 Å². The number of nitrogens with one attached hydrogen (secondary N) is 2. The van der Waals surface area contributed by atoms with Gasteiger partial charge in [0.15, 0.2) is 0 Å². The largest absolute Gasteiger partial charge is 0.377 e. The Hall–Kier alpha value is -1.90. The van der Waals surface area contributed by atoms with Crippen LogP contribution in [-0.2, 0) is 4.74 Å². The summed E-state index contributed by atoms with van der Waals surface area (Å²) in [6, 6.07) is 4.95. The molecule has 1 unspecified atom stereocenters. The van der Waals surface area contributed by atoms with Gasteiger partial charge < -0.3 is 15.5 Å². The summed E-state index contributed by atoms with van der Waals surface area (Å²) in [7, 11) is 0. The first-order valence-corrected chi connectivity index (χ1v) is 6.97. The standard InChI is InChI=1S/C13H21N5O3/c1-2-17-6-7-21-10(9-17)8-15-11-4-3-5-12(16-14)13(11)18(19)20/h3-5,10,15-16H,2,6-9,14H2,1H3. The number of nitrogen functional groups attached to an aromatic ring is 1. The maximum Gasteiger partial charge on any atom is 0.316 e. The van der Waals surface area contributed by atoms with Gasteiger partial charge in [-0.1, -0.05) is 13.0 Å². The molecule has 0 radical (unpaired) electrons. The summed E-state index contributed by atoms with van der Waals surface area (Å²) in [5, 5.41) is 14.3. The molecule has 1 aromatic carbocycles. The highest BCUT2D eigenvalue weighted by Gasteiger charge is 2.22. The third-order valence-corrected chi connectivity index (χ3v) is 3.56. The van der Waals surface area contributed by atoms with Crippen molar-refractivity contribution in [2.45, 2.75) is 13.0 Å². The molecule has 8 nitrogen and oxygen atoms in total. The molecule has 8 heteroatoms. The van der Waals surface area contributed by atoms with Crippen molar-refractivity contribution in [3.8, 4) is 0 Å². The number of likely N-dealkylation sites (N-methyl/N-ethyl adjacent to an activating group) is 1. The summed E-state index contributed by atoms with van der Waals surface area (Å²) in [4.78, 5) is 13.0. The van der Waals surface area contributed by atoms with Crippen LogP contribution in [0.2, 0.25) is 0 Å². The van der Waals surface area contributed by atoms with E-state index in [0.29, 0.717) is 18.8 Å². The van der Waals surface area contributed by atoms with Crippen LogP contribution < -0.4 is 16.6 Å². The van der Waals surface area contributed by atoms with E-state index in [9.17, 15) is 10.1 Å². The fraction of sp³-hybridized carbons (Fsp3) is 0.538. The first-order chi connectivity index (χ1) is 10.2. The van der Waals surface area contributed by atoms with E-state index in [-0.39, 0.29) is 17.5 Å². The first kappa shape index (κ1) is 15.5. The Balaban J connectivity index is 2.04. The molecule has 1 aliphatic heterocycles. The number of nitrogens with two attached hydrogens (primary N) is 1. The molecular weight excluding hydrogens is 274 g/mol. The van der Waals surface area contributed by atoms with Crippen molar-refractivity contribution in [2.75, 3.05) is 43.5 Å². The van der Waals surface area contributed by atoms with Gasteiger partial charge in [0.05, 0.1) is 17.6 Å². The van der Waals surface area contributed by atoms with Crippen molar-refractivity contribution in [2.24, 2.45) is 5.84 Å². The SMILES string of the molecule is CCN1CCOC(CNc2cccc(NN)c2[N+](=O)[O-])C1. The summed E-state index contributed by atoms with van der Waals surface area (Å²) < 4.78 is 5.67. The minimum Gasteiger partial charge on any atom is -0.377 e. The van der Waals surface area contributed by atoms with Gasteiger partial charge in [0.25, 0.3) is 0 Å². The van der Waals surface area contributed by atoms with E-state index < -0.39 is 4.92 Å². The van der Waals surface area contributed by atoms with Crippen LogP contribution in [0, 0.1) is 10.1 Å². The van der Waals surface area contributed by atoms with Gasteiger partial charge in [0.1, 0.15) is 11.4 Å². The Morgan fingerprint density at radius 3 is 2.95 bits per heavy atom. The molecule has 1 atom stereocenters. The predicted octanol–water partition coefficient (Wildman–Crippen LogP) is 1.01. The molecule has 0 aromatic heterocycles. The van der Waals surface area contributed by atoms with Crippen molar-refractivity contribution in [3.63, 3.8) is 0 Å². The van der Waals surface area contributed by atoms with Gasteiger partial charge in [-0.05, 0) is 18.7 Å². The van der Waals surface area contributed by atoms with Crippen LogP contribution in [0.25, 0.3) is 0 Å². The summed E-state index contributed by atoms with van der Waals surface area (Å²) in [5.74, 6) is 5.32. The Kier molecular flexibility index (Phi) is 5.32. The molecule has 0 bridgehead atoms. The molecule has 0 saturated carbocycles. The van der Waals surface area contributed by atoms with Gasteiger partial charge in [-0.15, -0.1) is 0 Å². The Bertz CT molecular complexity index is 497. The van der Waals surface area contributed by atoms with E-state index in [1.54, 1.807) is 18.2 Å². The number of rotatable bonds is 6. The lowest BCUT2D eigenvalue weighted by molar-refractivity contribution is -0.383. The fourth-order valence-corrected chi connectivity index (χ4v) is 2.41. The lowest BCUT2D eigenvalue weighted by Gasteiger charge is -2.32. The summed E-state index contributed by atoms with van der Waals surface area (Å²) in [6.07, 6.45) is 0.0211. The fourth-order valence-electron chi connectivity index (χ4n) is 2.41. The molecule has 1 saturated heterocycles. The molecule has 2 rings (SSSR count). The normalized spacial score (nSPS) is 19.2. The second-order valence-electron chi connectivity index (χ2n) is 4.87. The van der Waals surface area contributed by atoms with Crippen LogP contribution in [0.5, 0.6) is 0 Å². The lowest BCUT2D eigenvalue weighted by atomic mass is 10.2. The maximum atomic E-state index is 11.2. The molecule has 1 heterocycles. The minimum atomic E-state index is -0.447. The second kappa shape index (κ2) is 7.21. The Labute approximate surface area is 123 Å². The molecule has 21 heavy (non-hydrogen) atoms. The number of hydrogen-bond acceptors (Lipinski definition) is 7. The molecule has 116 valence electrons. The first-order valence-electron chi connectivity index (χ1n) is 6.97. The van der Waals surface area contributed by atoms with Gasteiger partial charge in [-0.2, -0.15) is 0 Å². The van der Waals surface area contributed by atoms with E-state index in [2.05, 4.69) is 22.6 Å². The average Bonchev–Trinajstić information content (AvgIpc) is 2.52. The molecule has 0 amide bonds. The molecule has 1 aromatic rings. The molecule has 1 aliphatic rings. The maximum absolute atomic E-state index is 11.2. The number of ether oxygens (including phenoxy) is 1. The Morgan fingerprint density at radius 2 is 2.29 bits per heavy atom. The molecule has 1 fully saturated rings. The highest BCUT2D eigenvalue weighted by Crippen LogP contribution is 2.32. The minimum absolute atomic E-state index is 0.0211. The van der Waals surface area contributed by atoms with Crippen molar-refractivity contribution in [1.82, 2.24) is 4.90 Å². The number of hydrazine groups is 1. The van der Waals surface area contributed by atoms with E-state index >= 15 is 0 Å². The van der Waals surface area contributed by atoms with Gasteiger partial charge in [-0.3, -0.25) is 20.9 Å². The monoisotopic (exact) mass is 295 g/mol. The predicted molar refractivity (Wildman–Crippen MR) is 81.3 cm³/mol. The summed E-state index contributed by atoms with van der Waals surface area (Å²) in [6.45, 7) is 6.05. The average molecular weight is 295 g/mol. The topological polar surface area (TPSA) is 106 Å². The highest BCUT2D eigenvalue weighted by atomic mass is 16.6. The Morgan fingerprint density at radius 1 is 1.52 bits per heavy atom. The lowest BCUT2D eigenvalue weighted by Crippen LogP contribution is -2.45. The number of hydrogen-bond donors (Lipinski definition) is 3. The van der Waals surface area contributed by atoms with Crippen molar-refractivity contribution < 1.29 is 9.66 Å². The van der Waals surface area contributed by atoms with Crippen molar-refractivity contribution in [1.29, 1.82) is 0 Å². The number of morpholine rings is 1. The zero-order valence-corrected chi connectivity index (χ0v) is 12.0. The van der Waals surface area contributed by atoms with Crippen LogP contribution in [0.4, 0.5) is 17.1 Å². The molecule has 4 N–H and O–H groups in total. The van der Waals surface area contributed by atoms with Crippen LogP contribution in [0.3, 0.4) is 0 Å². The number of para-hydroxylation sites is 1. The van der Waals surface area contributed by atoms with Crippen molar-refractivity contribution in [3.05, 3.63) is 28.3 Å². The van der Waals surface area contributed by atoms with E-state index in [1.807, 2.05) is 0 Å². The van der Waals surface area contributed by atoms with E-state index in [4.69, 9.17) is 10.6 Å². The van der Waals surface area contributed by atoms with Gasteiger partial charge in [0.2, 0.25) is 0 Å². The van der Waals surface area contributed by atoms with Crippen LogP contribution in [0.15, 0.2) is 18.2 Å². The van der Waals surface area contributed by atoms with Gasteiger partial charge >= 0.3 is 5.69 Å².